The predicted octanol–water partition coefficient (Wildman–Crippen LogP) is 2.12. The maximum Gasteiger partial charge on any atom is 0.151 e. The first-order valence-electron chi connectivity index (χ1n) is 3.47. The van der Waals surface area contributed by atoms with Crippen LogP contribution in [0.5, 0.6) is 0 Å². The zero-order valence-corrected chi connectivity index (χ0v) is 7.14. The van der Waals surface area contributed by atoms with E-state index in [-0.39, 0.29) is 0 Å². The Bertz CT molecular complexity index is 224. The molecule has 1 N–H and O–H groups in total. The Morgan fingerprint density at radius 3 is 2.18 bits per heavy atom. The number of carbonyl (C=O) groups is 1. The van der Waals surface area contributed by atoms with Crippen LogP contribution in [0.4, 0.5) is 0 Å². The van der Waals surface area contributed by atoms with Crippen LogP contribution in [0, 0.1) is 5.41 Å². The van der Waals surface area contributed by atoms with E-state index in [0.29, 0.717) is 17.6 Å². The zero-order chi connectivity index (χ0) is 8.85. The van der Waals surface area contributed by atoms with E-state index in [4.69, 9.17) is 5.41 Å². The fourth-order valence-corrected chi connectivity index (χ4v) is 0.559. The largest absolute Gasteiger partial charge is 0.305 e. The Labute approximate surface area is 67.1 Å². The number of carbonyl (C=O) groups excluding carboxylic acids is 1. The highest BCUT2D eigenvalue weighted by Crippen LogP contribution is 2.00. The Kier molecular flexibility index (Phi) is 4.11. The number of aldehydes is 1. The van der Waals surface area contributed by atoms with Crippen molar-refractivity contribution in [2.24, 2.45) is 0 Å². The Hall–Kier alpha value is -1.18. The van der Waals surface area contributed by atoms with Gasteiger partial charge < -0.3 is 5.41 Å². The molecule has 0 heterocycles. The molecule has 0 aromatic heterocycles. The smallest absolute Gasteiger partial charge is 0.151 e. The first-order chi connectivity index (χ1) is 5.11. The van der Waals surface area contributed by atoms with Crippen LogP contribution in [0.1, 0.15) is 20.8 Å². The summed E-state index contributed by atoms with van der Waals surface area (Å²) in [6.07, 6.45) is 4.30. The summed E-state index contributed by atoms with van der Waals surface area (Å²) < 4.78 is 0. The highest BCUT2D eigenvalue weighted by molar-refractivity contribution is 6.12. The summed E-state index contributed by atoms with van der Waals surface area (Å²) in [7, 11) is 0. The Morgan fingerprint density at radius 1 is 1.36 bits per heavy atom. The van der Waals surface area contributed by atoms with Gasteiger partial charge in [0.05, 0.1) is 0 Å². The summed E-state index contributed by atoms with van der Waals surface area (Å²) in [5.41, 5.74) is 1.75. The lowest BCUT2D eigenvalue weighted by Gasteiger charge is -1.94. The van der Waals surface area contributed by atoms with Crippen LogP contribution >= 0.6 is 0 Å². The minimum Gasteiger partial charge on any atom is -0.305 e. The molecule has 2 heteroatoms. The molecular weight excluding hydrogens is 138 g/mol. The lowest BCUT2D eigenvalue weighted by atomic mass is 10.1. The lowest BCUT2D eigenvalue weighted by Crippen LogP contribution is -1.96. The topological polar surface area (TPSA) is 40.9 Å². The molecule has 0 fully saturated rings. The number of nitrogens with one attached hydrogen (secondary N) is 1. The van der Waals surface area contributed by atoms with Crippen molar-refractivity contribution in [3.63, 3.8) is 0 Å². The van der Waals surface area contributed by atoms with Gasteiger partial charge in [-0.15, -0.1) is 0 Å². The van der Waals surface area contributed by atoms with E-state index < -0.39 is 0 Å². The summed E-state index contributed by atoms with van der Waals surface area (Å²) in [4.78, 5) is 10.4. The molecule has 0 saturated carbocycles. The fourth-order valence-electron chi connectivity index (χ4n) is 0.559. The van der Waals surface area contributed by atoms with Gasteiger partial charge >= 0.3 is 0 Å². The molecule has 0 amide bonds. The minimum absolute atomic E-state index is 0.307. The van der Waals surface area contributed by atoms with Crippen LogP contribution in [0.15, 0.2) is 23.3 Å². The quantitative estimate of drug-likeness (QED) is 0.285. The third-order valence-electron chi connectivity index (χ3n) is 1.40. The normalized spacial score (nSPS) is 13.0. The van der Waals surface area contributed by atoms with Crippen LogP contribution < -0.4 is 0 Å². The second-order valence-corrected chi connectivity index (χ2v) is 2.38. The van der Waals surface area contributed by atoms with Crippen molar-refractivity contribution < 1.29 is 4.79 Å². The molecule has 0 bridgehead atoms. The van der Waals surface area contributed by atoms with Gasteiger partial charge in [0, 0.05) is 11.3 Å². The molecule has 2 nitrogen and oxygen atoms in total. The van der Waals surface area contributed by atoms with Gasteiger partial charge in [-0.1, -0.05) is 11.6 Å². The molecule has 0 aromatic rings. The van der Waals surface area contributed by atoms with E-state index in [1.54, 1.807) is 13.0 Å². The molecule has 0 aliphatic heterocycles. The highest BCUT2D eigenvalue weighted by atomic mass is 16.1. The van der Waals surface area contributed by atoms with Gasteiger partial charge in [0.25, 0.3) is 0 Å². The average molecular weight is 151 g/mol. The minimum atomic E-state index is 0.307. The zero-order valence-electron chi connectivity index (χ0n) is 7.14. The molecule has 60 valence electrons. The molecular formula is C9H13NO. The van der Waals surface area contributed by atoms with Crippen molar-refractivity contribution in [2.45, 2.75) is 20.8 Å². The molecule has 11 heavy (non-hydrogen) atoms. The van der Waals surface area contributed by atoms with Crippen LogP contribution in [0.3, 0.4) is 0 Å². The van der Waals surface area contributed by atoms with Gasteiger partial charge in [-0.2, -0.15) is 0 Å². The van der Waals surface area contributed by atoms with Crippen molar-refractivity contribution in [3.8, 4) is 0 Å². The Morgan fingerprint density at radius 2 is 1.91 bits per heavy atom. The molecule has 0 aliphatic rings. The van der Waals surface area contributed by atoms with Gasteiger partial charge in [-0.25, -0.2) is 0 Å². The maximum atomic E-state index is 10.4. The molecule has 0 aromatic carbocycles. The molecule has 0 spiro atoms. The summed E-state index contributed by atoms with van der Waals surface area (Å²) in [5, 5.41) is 7.19. The molecule has 0 unspecified atom stereocenters. The van der Waals surface area contributed by atoms with E-state index in [2.05, 4.69) is 0 Å². The van der Waals surface area contributed by atoms with Crippen LogP contribution in [0.25, 0.3) is 0 Å². The van der Waals surface area contributed by atoms with Crippen molar-refractivity contribution in [1.82, 2.24) is 0 Å². The molecule has 0 aliphatic carbocycles. The number of hydrogen-bond donors (Lipinski definition) is 1. The Balaban J connectivity index is 4.62. The number of allylic oxidation sites excluding steroid dienone is 4. The highest BCUT2D eigenvalue weighted by Gasteiger charge is 1.96. The molecule has 0 radical (unpaired) electrons. The van der Waals surface area contributed by atoms with Gasteiger partial charge in [-0.05, 0) is 26.8 Å². The second-order valence-electron chi connectivity index (χ2n) is 2.38. The van der Waals surface area contributed by atoms with Crippen molar-refractivity contribution in [1.29, 1.82) is 5.41 Å². The summed E-state index contributed by atoms with van der Waals surface area (Å²) in [5.74, 6) is 0. The van der Waals surface area contributed by atoms with Crippen molar-refractivity contribution in [2.75, 3.05) is 0 Å². The molecule has 0 atom stereocenters. The van der Waals surface area contributed by atoms with E-state index in [1.165, 1.54) is 0 Å². The number of rotatable bonds is 3. The van der Waals surface area contributed by atoms with Crippen LogP contribution in [-0.4, -0.2) is 12.0 Å². The summed E-state index contributed by atoms with van der Waals surface area (Å²) >= 11 is 0. The maximum absolute atomic E-state index is 10.4. The van der Waals surface area contributed by atoms with E-state index >= 15 is 0 Å². The molecule has 0 rings (SSSR count). The SMILES string of the molecule is C/C=C(C)\C=C(\C=O)C(C)=N. The van der Waals surface area contributed by atoms with Gasteiger partial charge in [0.15, 0.2) is 6.29 Å². The first kappa shape index (κ1) is 9.82. The third-order valence-corrected chi connectivity index (χ3v) is 1.40. The number of hydrogen-bond acceptors (Lipinski definition) is 2. The van der Waals surface area contributed by atoms with E-state index in [1.807, 2.05) is 19.9 Å². The van der Waals surface area contributed by atoms with Gasteiger partial charge in [0.1, 0.15) is 0 Å². The van der Waals surface area contributed by atoms with Crippen LogP contribution in [-0.2, 0) is 4.79 Å². The summed E-state index contributed by atoms with van der Waals surface area (Å²) in [6.45, 7) is 5.39. The van der Waals surface area contributed by atoms with Gasteiger partial charge in [-0.3, -0.25) is 4.79 Å². The predicted molar refractivity (Wildman–Crippen MR) is 47.0 cm³/mol. The van der Waals surface area contributed by atoms with Gasteiger partial charge in [0.2, 0.25) is 0 Å². The van der Waals surface area contributed by atoms with Crippen molar-refractivity contribution >= 4 is 12.0 Å². The second kappa shape index (κ2) is 4.61. The molecule has 0 saturated heterocycles. The summed E-state index contributed by atoms with van der Waals surface area (Å²) in [6, 6.07) is 0. The van der Waals surface area contributed by atoms with Crippen molar-refractivity contribution in [3.05, 3.63) is 23.3 Å². The monoisotopic (exact) mass is 151 g/mol. The third kappa shape index (κ3) is 3.50. The van der Waals surface area contributed by atoms with E-state index in [0.717, 1.165) is 5.57 Å². The average Bonchev–Trinajstić information content (AvgIpc) is 1.99. The van der Waals surface area contributed by atoms with E-state index in [9.17, 15) is 4.79 Å². The first-order valence-corrected chi connectivity index (χ1v) is 3.47. The lowest BCUT2D eigenvalue weighted by molar-refractivity contribution is -0.104. The van der Waals surface area contributed by atoms with Crippen LogP contribution in [0.2, 0.25) is 0 Å². The standard InChI is InChI=1S/C9H13NO/c1-4-7(2)5-9(6-11)8(3)10/h4-6,10H,1-3H3/b7-4-,9-5-,10-8?. The fraction of sp³-hybridized carbons (Fsp3) is 0.333.